The van der Waals surface area contributed by atoms with Crippen molar-refractivity contribution in [2.24, 2.45) is 0 Å². The lowest BCUT2D eigenvalue weighted by molar-refractivity contribution is 0.0976. The Morgan fingerprint density at radius 3 is 2.76 bits per heavy atom. The van der Waals surface area contributed by atoms with Gasteiger partial charge in [0.15, 0.2) is 0 Å². The van der Waals surface area contributed by atoms with E-state index in [1.54, 1.807) is 7.11 Å². The smallest absolute Gasteiger partial charge is 0.123 e. The third-order valence-corrected chi connectivity index (χ3v) is 5.09. The van der Waals surface area contributed by atoms with E-state index in [1.807, 2.05) is 12.1 Å². The van der Waals surface area contributed by atoms with Crippen molar-refractivity contribution in [1.29, 1.82) is 0 Å². The number of halogens is 1. The Bertz CT molecular complexity index is 469. The third-order valence-electron chi connectivity index (χ3n) is 4.59. The van der Waals surface area contributed by atoms with Crippen LogP contribution in [0.3, 0.4) is 0 Å². The molecule has 1 unspecified atom stereocenters. The highest BCUT2D eigenvalue weighted by Gasteiger charge is 2.26. The van der Waals surface area contributed by atoms with E-state index < -0.39 is 0 Å². The molecule has 2 saturated heterocycles. The Balaban J connectivity index is 1.56. The van der Waals surface area contributed by atoms with Gasteiger partial charge in [0.05, 0.1) is 7.11 Å². The maximum atomic E-state index is 5.48. The van der Waals surface area contributed by atoms with Crippen LogP contribution in [0.5, 0.6) is 5.75 Å². The van der Waals surface area contributed by atoms with Gasteiger partial charge in [0.25, 0.3) is 0 Å². The maximum absolute atomic E-state index is 5.48. The molecule has 2 fully saturated rings. The lowest BCUT2D eigenvalue weighted by atomic mass is 10.1. The molecule has 0 aliphatic carbocycles. The van der Waals surface area contributed by atoms with E-state index in [0.29, 0.717) is 0 Å². The van der Waals surface area contributed by atoms with E-state index in [2.05, 4.69) is 37.1 Å². The van der Waals surface area contributed by atoms with E-state index in [9.17, 15) is 0 Å². The van der Waals surface area contributed by atoms with Gasteiger partial charge in [0, 0.05) is 55.3 Å². The number of nitrogens with one attached hydrogen (secondary N) is 1. The van der Waals surface area contributed by atoms with E-state index in [4.69, 9.17) is 4.74 Å². The minimum absolute atomic E-state index is 0.757. The van der Waals surface area contributed by atoms with E-state index in [0.717, 1.165) is 35.9 Å². The standard InChI is InChI=1S/C16H24BrN3O/c1-21-16-3-2-14(17)10-13(16)12-19-6-8-20(9-7-19)15-4-5-18-11-15/h2-3,10,15,18H,4-9,11-12H2,1H3. The fraction of sp³-hybridized carbons (Fsp3) is 0.625. The summed E-state index contributed by atoms with van der Waals surface area (Å²) in [7, 11) is 1.75. The second-order valence-corrected chi connectivity index (χ2v) is 6.83. The predicted octanol–water partition coefficient (Wildman–Crippen LogP) is 1.94. The quantitative estimate of drug-likeness (QED) is 0.895. The highest BCUT2D eigenvalue weighted by atomic mass is 79.9. The molecule has 116 valence electrons. The maximum Gasteiger partial charge on any atom is 0.123 e. The summed E-state index contributed by atoms with van der Waals surface area (Å²) in [4.78, 5) is 5.18. The van der Waals surface area contributed by atoms with Gasteiger partial charge >= 0.3 is 0 Å². The van der Waals surface area contributed by atoms with Crippen molar-refractivity contribution in [1.82, 2.24) is 15.1 Å². The van der Waals surface area contributed by atoms with Crippen LogP contribution < -0.4 is 10.1 Å². The predicted molar refractivity (Wildman–Crippen MR) is 88.8 cm³/mol. The van der Waals surface area contributed by atoms with Crippen molar-refractivity contribution in [3.05, 3.63) is 28.2 Å². The molecule has 4 nitrogen and oxygen atoms in total. The Kier molecular flexibility index (Phi) is 5.16. The summed E-state index contributed by atoms with van der Waals surface area (Å²) in [6.45, 7) is 7.97. The molecular formula is C16H24BrN3O. The lowest BCUT2D eigenvalue weighted by Gasteiger charge is -2.38. The molecular weight excluding hydrogens is 330 g/mol. The number of methoxy groups -OCH3 is 1. The number of benzene rings is 1. The molecule has 2 heterocycles. The molecule has 0 aromatic heterocycles. The SMILES string of the molecule is COc1ccc(Br)cc1CN1CCN(C2CCNC2)CC1. The van der Waals surface area contributed by atoms with Crippen LogP contribution in [0.15, 0.2) is 22.7 Å². The molecule has 0 amide bonds. The number of hydrogen-bond donors (Lipinski definition) is 1. The zero-order valence-corrected chi connectivity index (χ0v) is 14.2. The van der Waals surface area contributed by atoms with Gasteiger partial charge < -0.3 is 10.1 Å². The van der Waals surface area contributed by atoms with Crippen molar-refractivity contribution in [2.45, 2.75) is 19.0 Å². The molecule has 0 radical (unpaired) electrons. The van der Waals surface area contributed by atoms with Crippen LogP contribution in [0.4, 0.5) is 0 Å². The van der Waals surface area contributed by atoms with Gasteiger partial charge in [-0.25, -0.2) is 0 Å². The number of piperazine rings is 1. The molecule has 3 rings (SSSR count). The Hall–Kier alpha value is -0.620. The van der Waals surface area contributed by atoms with Crippen LogP contribution in [0.25, 0.3) is 0 Å². The molecule has 1 aromatic carbocycles. The van der Waals surface area contributed by atoms with Crippen LogP contribution in [-0.2, 0) is 6.54 Å². The molecule has 5 heteroatoms. The molecule has 1 N–H and O–H groups in total. The first kappa shape index (κ1) is 15.3. The number of rotatable bonds is 4. The van der Waals surface area contributed by atoms with Crippen LogP contribution >= 0.6 is 15.9 Å². The van der Waals surface area contributed by atoms with Gasteiger partial charge in [-0.2, -0.15) is 0 Å². The van der Waals surface area contributed by atoms with E-state index >= 15 is 0 Å². The van der Waals surface area contributed by atoms with Gasteiger partial charge in [-0.3, -0.25) is 9.80 Å². The average Bonchev–Trinajstić information content (AvgIpc) is 3.03. The first-order chi connectivity index (χ1) is 10.3. The van der Waals surface area contributed by atoms with Crippen LogP contribution in [0.2, 0.25) is 0 Å². The summed E-state index contributed by atoms with van der Waals surface area (Å²) < 4.78 is 6.60. The molecule has 1 atom stereocenters. The lowest BCUT2D eigenvalue weighted by Crippen LogP contribution is -2.50. The number of hydrogen-bond acceptors (Lipinski definition) is 4. The summed E-state index contributed by atoms with van der Waals surface area (Å²) in [5.74, 6) is 0.987. The Morgan fingerprint density at radius 1 is 1.29 bits per heavy atom. The van der Waals surface area contributed by atoms with Gasteiger partial charge in [-0.1, -0.05) is 15.9 Å². The summed E-state index contributed by atoms with van der Waals surface area (Å²) in [5.41, 5.74) is 1.27. The van der Waals surface area contributed by atoms with E-state index in [1.165, 1.54) is 38.2 Å². The zero-order chi connectivity index (χ0) is 14.7. The summed E-state index contributed by atoms with van der Waals surface area (Å²) in [6, 6.07) is 7.01. The monoisotopic (exact) mass is 353 g/mol. The van der Waals surface area contributed by atoms with E-state index in [-0.39, 0.29) is 0 Å². The third kappa shape index (κ3) is 3.77. The molecule has 0 saturated carbocycles. The normalized spacial score (nSPS) is 24.4. The van der Waals surface area contributed by atoms with Crippen molar-refractivity contribution >= 4 is 15.9 Å². The molecule has 0 spiro atoms. The number of nitrogens with zero attached hydrogens (tertiary/aromatic N) is 2. The highest BCUT2D eigenvalue weighted by Crippen LogP contribution is 2.25. The average molecular weight is 354 g/mol. The fourth-order valence-electron chi connectivity index (χ4n) is 3.35. The Morgan fingerprint density at radius 2 is 2.10 bits per heavy atom. The second-order valence-electron chi connectivity index (χ2n) is 5.91. The van der Waals surface area contributed by atoms with Crippen molar-refractivity contribution < 1.29 is 4.74 Å². The zero-order valence-electron chi connectivity index (χ0n) is 12.6. The minimum Gasteiger partial charge on any atom is -0.496 e. The summed E-state index contributed by atoms with van der Waals surface area (Å²) >= 11 is 3.56. The minimum atomic E-state index is 0.757. The van der Waals surface area contributed by atoms with Gasteiger partial charge in [0.2, 0.25) is 0 Å². The van der Waals surface area contributed by atoms with Crippen LogP contribution in [0.1, 0.15) is 12.0 Å². The van der Waals surface area contributed by atoms with Crippen molar-refractivity contribution in [3.63, 3.8) is 0 Å². The first-order valence-corrected chi connectivity index (χ1v) is 8.55. The largest absolute Gasteiger partial charge is 0.496 e. The summed E-state index contributed by atoms with van der Waals surface area (Å²) in [5, 5.41) is 3.46. The summed E-state index contributed by atoms with van der Waals surface area (Å²) in [6.07, 6.45) is 1.31. The van der Waals surface area contributed by atoms with Gasteiger partial charge in [-0.05, 0) is 31.2 Å². The molecule has 2 aliphatic heterocycles. The molecule has 21 heavy (non-hydrogen) atoms. The van der Waals surface area contributed by atoms with Crippen LogP contribution in [0, 0.1) is 0 Å². The van der Waals surface area contributed by atoms with Crippen molar-refractivity contribution in [2.75, 3.05) is 46.4 Å². The molecule has 0 bridgehead atoms. The Labute approximate surface area is 135 Å². The highest BCUT2D eigenvalue weighted by molar-refractivity contribution is 9.10. The van der Waals surface area contributed by atoms with Gasteiger partial charge in [-0.15, -0.1) is 0 Å². The van der Waals surface area contributed by atoms with Gasteiger partial charge in [0.1, 0.15) is 5.75 Å². The second kappa shape index (κ2) is 7.09. The molecule has 2 aliphatic rings. The first-order valence-electron chi connectivity index (χ1n) is 7.76. The molecule has 1 aromatic rings. The topological polar surface area (TPSA) is 27.7 Å². The van der Waals surface area contributed by atoms with Crippen LogP contribution in [-0.4, -0.2) is 62.2 Å². The number of ether oxygens (including phenoxy) is 1. The fourth-order valence-corrected chi connectivity index (χ4v) is 3.76. The van der Waals surface area contributed by atoms with Crippen molar-refractivity contribution in [3.8, 4) is 5.75 Å².